The van der Waals surface area contributed by atoms with E-state index in [9.17, 15) is 14.4 Å². The fraction of sp³-hybridized carbons (Fsp3) is 0.458. The fourth-order valence-electron chi connectivity index (χ4n) is 3.24. The van der Waals surface area contributed by atoms with Crippen LogP contribution >= 0.6 is 0 Å². The average Bonchev–Trinajstić information content (AvgIpc) is 2.60. The molecule has 158 valence electrons. The molecule has 0 saturated carbocycles. The number of allylic oxidation sites excluding steroid dienone is 9. The number of carbonyl (C=O) groups is 3. The van der Waals surface area contributed by atoms with Gasteiger partial charge in [0.1, 0.15) is 13.0 Å². The van der Waals surface area contributed by atoms with Gasteiger partial charge in [-0.2, -0.15) is 0 Å². The van der Waals surface area contributed by atoms with Crippen LogP contribution in [0.1, 0.15) is 60.3 Å². The molecule has 0 unspecified atom stereocenters. The molecule has 29 heavy (non-hydrogen) atoms. The van der Waals surface area contributed by atoms with Gasteiger partial charge in [0, 0.05) is 0 Å². The summed E-state index contributed by atoms with van der Waals surface area (Å²) < 4.78 is 4.74. The van der Waals surface area contributed by atoms with E-state index in [1.165, 1.54) is 30.4 Å². The molecule has 5 heteroatoms. The van der Waals surface area contributed by atoms with E-state index < -0.39 is 24.1 Å². The Morgan fingerprint density at radius 3 is 2.45 bits per heavy atom. The lowest BCUT2D eigenvalue weighted by Gasteiger charge is -2.32. The third-order valence-corrected chi connectivity index (χ3v) is 4.93. The molecule has 1 N–H and O–H groups in total. The highest BCUT2D eigenvalue weighted by molar-refractivity contribution is 6.36. The third-order valence-electron chi connectivity index (χ3n) is 4.93. The first-order valence-corrected chi connectivity index (χ1v) is 9.84. The monoisotopic (exact) mass is 400 g/mol. The third kappa shape index (κ3) is 8.90. The molecular weight excluding hydrogens is 368 g/mol. The van der Waals surface area contributed by atoms with E-state index in [0.29, 0.717) is 0 Å². The number of rotatable bonds is 9. The number of ketones is 1. The minimum Gasteiger partial charge on any atom is -0.481 e. The van der Waals surface area contributed by atoms with Gasteiger partial charge in [0.25, 0.3) is 5.78 Å². The summed E-state index contributed by atoms with van der Waals surface area (Å²) in [6.45, 7) is 10.6. The summed E-state index contributed by atoms with van der Waals surface area (Å²) in [6.07, 6.45) is 14.6. The molecule has 0 fully saturated rings. The lowest BCUT2D eigenvalue weighted by atomic mass is 9.72. The summed E-state index contributed by atoms with van der Waals surface area (Å²) in [5, 5.41) is 8.48. The summed E-state index contributed by atoms with van der Waals surface area (Å²) in [6, 6.07) is 0. The zero-order valence-corrected chi connectivity index (χ0v) is 18.1. The number of aliphatic carboxylic acids is 1. The van der Waals surface area contributed by atoms with E-state index in [2.05, 4.69) is 32.9 Å². The van der Waals surface area contributed by atoms with Gasteiger partial charge in [0.15, 0.2) is 0 Å². The maximum absolute atomic E-state index is 11.3. The summed E-state index contributed by atoms with van der Waals surface area (Å²) >= 11 is 0. The molecular formula is C24H32O5. The first kappa shape index (κ1) is 24.3. The largest absolute Gasteiger partial charge is 0.481 e. The zero-order chi connectivity index (χ0) is 22.0. The van der Waals surface area contributed by atoms with Gasteiger partial charge in [-0.1, -0.05) is 60.9 Å². The topological polar surface area (TPSA) is 80.7 Å². The molecule has 1 rings (SSSR count). The average molecular weight is 401 g/mol. The Hall–Kier alpha value is -2.69. The minimum absolute atomic E-state index is 0.0779. The molecule has 0 heterocycles. The highest BCUT2D eigenvalue weighted by Crippen LogP contribution is 2.40. The van der Waals surface area contributed by atoms with Gasteiger partial charge in [0.05, 0.1) is 0 Å². The molecule has 1 aliphatic rings. The van der Waals surface area contributed by atoms with Crippen molar-refractivity contribution in [2.24, 2.45) is 5.41 Å². The number of Topliss-reactive ketones (excluding diaryl/α,β-unsaturated/α-hetero) is 1. The van der Waals surface area contributed by atoms with Gasteiger partial charge in [-0.05, 0) is 57.1 Å². The Labute approximate surface area is 173 Å². The second-order valence-electron chi connectivity index (χ2n) is 8.07. The quantitative estimate of drug-likeness (QED) is 0.252. The molecule has 0 aromatic carbocycles. The number of carboxylic acid groups (broad SMARTS) is 1. The first-order chi connectivity index (χ1) is 13.5. The van der Waals surface area contributed by atoms with Gasteiger partial charge in [-0.25, -0.2) is 4.79 Å². The summed E-state index contributed by atoms with van der Waals surface area (Å²) in [5.41, 5.74) is 5.11. The predicted molar refractivity (Wildman–Crippen MR) is 114 cm³/mol. The van der Waals surface area contributed by atoms with Gasteiger partial charge < -0.3 is 9.84 Å². The highest BCUT2D eigenvalue weighted by Gasteiger charge is 2.26. The van der Waals surface area contributed by atoms with Crippen molar-refractivity contribution >= 4 is 17.7 Å². The van der Waals surface area contributed by atoms with E-state index in [1.807, 2.05) is 32.1 Å². The molecule has 0 radical (unpaired) electrons. The van der Waals surface area contributed by atoms with Crippen molar-refractivity contribution in [3.05, 3.63) is 58.7 Å². The summed E-state index contributed by atoms with van der Waals surface area (Å²) in [5.74, 6) is -3.54. The first-order valence-electron chi connectivity index (χ1n) is 9.84. The van der Waals surface area contributed by atoms with Crippen LogP contribution in [-0.2, 0) is 19.1 Å². The van der Waals surface area contributed by atoms with Crippen LogP contribution in [0.2, 0.25) is 0 Å². The molecule has 0 amide bonds. The molecule has 0 aliphatic heterocycles. The van der Waals surface area contributed by atoms with Crippen molar-refractivity contribution in [1.82, 2.24) is 0 Å². The van der Waals surface area contributed by atoms with Crippen LogP contribution in [0.5, 0.6) is 0 Å². The number of carbonyl (C=O) groups excluding carboxylic acids is 2. The molecule has 0 spiro atoms. The molecule has 0 saturated heterocycles. The van der Waals surface area contributed by atoms with Crippen molar-refractivity contribution in [2.45, 2.75) is 60.3 Å². The Morgan fingerprint density at radius 1 is 1.14 bits per heavy atom. The van der Waals surface area contributed by atoms with E-state index in [-0.39, 0.29) is 12.0 Å². The van der Waals surface area contributed by atoms with Gasteiger partial charge in [-0.3, -0.25) is 9.59 Å². The molecule has 1 aliphatic carbocycles. The van der Waals surface area contributed by atoms with Crippen LogP contribution in [-0.4, -0.2) is 29.4 Å². The van der Waals surface area contributed by atoms with Crippen LogP contribution in [0, 0.1) is 5.41 Å². The minimum atomic E-state index is -1.35. The lowest BCUT2D eigenvalue weighted by Crippen LogP contribution is -2.20. The van der Waals surface area contributed by atoms with E-state index in [0.717, 1.165) is 11.1 Å². The normalized spacial score (nSPS) is 17.8. The Bertz CT molecular complexity index is 788. The lowest BCUT2D eigenvalue weighted by molar-refractivity contribution is -0.155. The smallest absolute Gasteiger partial charge is 0.375 e. The molecule has 0 atom stereocenters. The molecule has 0 aromatic rings. The highest BCUT2D eigenvalue weighted by atomic mass is 16.5. The maximum atomic E-state index is 11.3. The van der Waals surface area contributed by atoms with Crippen molar-refractivity contribution in [3.8, 4) is 0 Å². The molecule has 0 aromatic heterocycles. The molecule has 0 bridgehead atoms. The van der Waals surface area contributed by atoms with Crippen molar-refractivity contribution in [2.75, 3.05) is 6.61 Å². The van der Waals surface area contributed by atoms with E-state index >= 15 is 0 Å². The Morgan fingerprint density at radius 2 is 1.83 bits per heavy atom. The van der Waals surface area contributed by atoms with E-state index in [4.69, 9.17) is 9.84 Å². The SMILES string of the molecule is CC1=C(/C=C/C(C)=C/C=C\C(C)=C\COC(=O)C(=O)CC(=O)O)C(C)(C)CCC1. The van der Waals surface area contributed by atoms with Gasteiger partial charge in [-0.15, -0.1) is 0 Å². The Balaban J connectivity index is 2.58. The standard InChI is InChI=1S/C24H32O5/c1-17(11-12-20-19(3)10-7-14-24(20,4)5)8-6-9-18(2)13-15-29-23(28)21(25)16-22(26)27/h6,8-9,11-13H,7,10,14-16H2,1-5H3,(H,26,27)/b9-6-,12-11+,17-8+,18-13+. The summed E-state index contributed by atoms with van der Waals surface area (Å²) in [7, 11) is 0. The number of carboxylic acids is 1. The van der Waals surface area contributed by atoms with Gasteiger partial charge in [0.2, 0.25) is 0 Å². The van der Waals surface area contributed by atoms with Gasteiger partial charge >= 0.3 is 11.9 Å². The summed E-state index contributed by atoms with van der Waals surface area (Å²) in [4.78, 5) is 32.9. The number of hydrogen-bond acceptors (Lipinski definition) is 4. The van der Waals surface area contributed by atoms with Crippen LogP contribution in [0.25, 0.3) is 0 Å². The second kappa shape index (κ2) is 11.3. The predicted octanol–water partition coefficient (Wildman–Crippen LogP) is 5.11. The zero-order valence-electron chi connectivity index (χ0n) is 18.1. The van der Waals surface area contributed by atoms with E-state index in [1.54, 1.807) is 6.08 Å². The number of ether oxygens (including phenoxy) is 1. The van der Waals surface area contributed by atoms with Crippen molar-refractivity contribution < 1.29 is 24.2 Å². The number of hydrogen-bond donors (Lipinski definition) is 1. The maximum Gasteiger partial charge on any atom is 0.375 e. The second-order valence-corrected chi connectivity index (χ2v) is 8.07. The van der Waals surface area contributed by atoms with Crippen molar-refractivity contribution in [1.29, 1.82) is 0 Å². The molecule has 5 nitrogen and oxygen atoms in total. The van der Waals surface area contributed by atoms with Crippen LogP contribution in [0.15, 0.2) is 58.7 Å². The van der Waals surface area contributed by atoms with Crippen LogP contribution < -0.4 is 0 Å². The van der Waals surface area contributed by atoms with Crippen molar-refractivity contribution in [3.63, 3.8) is 0 Å². The van der Waals surface area contributed by atoms with Crippen LogP contribution in [0.4, 0.5) is 0 Å². The number of esters is 1. The van der Waals surface area contributed by atoms with Crippen LogP contribution in [0.3, 0.4) is 0 Å². The fourth-order valence-corrected chi connectivity index (χ4v) is 3.24. The Kier molecular flexibility index (Phi) is 9.53.